The molecule has 0 aliphatic carbocycles. The van der Waals surface area contributed by atoms with Crippen LogP contribution < -0.4 is 5.32 Å². The largest absolute Gasteiger partial charge is 0.468 e. The summed E-state index contributed by atoms with van der Waals surface area (Å²) in [5.41, 5.74) is 0.244. The molecule has 1 saturated heterocycles. The van der Waals surface area contributed by atoms with E-state index in [2.05, 4.69) is 5.32 Å². The van der Waals surface area contributed by atoms with Crippen LogP contribution in [0.3, 0.4) is 0 Å². The molecule has 0 spiro atoms. The SMILES string of the molecule is COC(=O)[C@@]1(Cc2ccccc2)CC2=C(NC(=O)OC(C)(C)C)CCCN2C1=O. The van der Waals surface area contributed by atoms with E-state index in [1.807, 2.05) is 30.3 Å². The van der Waals surface area contributed by atoms with E-state index in [9.17, 15) is 14.4 Å². The molecule has 0 aromatic heterocycles. The van der Waals surface area contributed by atoms with Gasteiger partial charge in [-0.15, -0.1) is 0 Å². The second-order valence-corrected chi connectivity index (χ2v) is 8.53. The van der Waals surface area contributed by atoms with Crippen molar-refractivity contribution in [3.63, 3.8) is 0 Å². The standard InChI is InChI=1S/C22H28N2O5/c1-21(2,3)29-20(27)23-16-11-8-12-24-17(16)14-22(18(24)25,19(26)28-4)13-15-9-6-5-7-10-15/h5-7,9-10H,8,11-14H2,1-4H3,(H,23,27)/t22-/m0/s1. The molecular weight excluding hydrogens is 372 g/mol. The Morgan fingerprint density at radius 1 is 1.21 bits per heavy atom. The van der Waals surface area contributed by atoms with Crippen LogP contribution in [0.15, 0.2) is 41.7 Å². The number of alkyl carbamates (subject to hydrolysis) is 1. The quantitative estimate of drug-likeness (QED) is 0.620. The summed E-state index contributed by atoms with van der Waals surface area (Å²) >= 11 is 0. The average Bonchev–Trinajstić information content (AvgIpc) is 2.94. The number of nitrogens with zero attached hydrogens (tertiary/aromatic N) is 1. The molecule has 7 heteroatoms. The Morgan fingerprint density at radius 3 is 2.52 bits per heavy atom. The second-order valence-electron chi connectivity index (χ2n) is 8.53. The van der Waals surface area contributed by atoms with Crippen molar-refractivity contribution in [2.45, 2.75) is 52.1 Å². The number of ether oxygens (including phenoxy) is 2. The number of amides is 2. The van der Waals surface area contributed by atoms with Gasteiger partial charge in [-0.1, -0.05) is 30.3 Å². The maximum Gasteiger partial charge on any atom is 0.411 e. The Kier molecular flexibility index (Phi) is 5.68. The third kappa shape index (κ3) is 4.28. The highest BCUT2D eigenvalue weighted by Gasteiger charge is 2.57. The van der Waals surface area contributed by atoms with Gasteiger partial charge >= 0.3 is 12.1 Å². The molecule has 1 atom stereocenters. The number of carbonyl (C=O) groups is 3. The van der Waals surface area contributed by atoms with Crippen LogP contribution in [-0.2, 0) is 25.5 Å². The van der Waals surface area contributed by atoms with Crippen molar-refractivity contribution in [3.05, 3.63) is 47.3 Å². The summed E-state index contributed by atoms with van der Waals surface area (Å²) in [7, 11) is 1.30. The van der Waals surface area contributed by atoms with Crippen LogP contribution in [0.1, 0.15) is 45.6 Å². The van der Waals surface area contributed by atoms with E-state index in [-0.39, 0.29) is 18.7 Å². The Balaban J connectivity index is 1.94. The molecule has 0 unspecified atom stereocenters. The molecule has 2 aliphatic rings. The van der Waals surface area contributed by atoms with E-state index < -0.39 is 23.1 Å². The number of hydrogen-bond acceptors (Lipinski definition) is 5. The summed E-state index contributed by atoms with van der Waals surface area (Å²) in [4.78, 5) is 40.1. The minimum absolute atomic E-state index is 0.193. The van der Waals surface area contributed by atoms with E-state index in [0.717, 1.165) is 5.56 Å². The summed E-state index contributed by atoms with van der Waals surface area (Å²) in [5.74, 6) is -0.823. The van der Waals surface area contributed by atoms with E-state index >= 15 is 0 Å². The third-order valence-corrected chi connectivity index (χ3v) is 5.18. The highest BCUT2D eigenvalue weighted by Crippen LogP contribution is 2.45. The maximum atomic E-state index is 13.4. The first kappa shape index (κ1) is 20.9. The van der Waals surface area contributed by atoms with Crippen molar-refractivity contribution in [2.24, 2.45) is 5.41 Å². The zero-order chi connectivity index (χ0) is 21.2. The normalized spacial score (nSPS) is 21.7. The molecule has 29 heavy (non-hydrogen) atoms. The molecule has 2 amide bonds. The number of nitrogens with one attached hydrogen (secondary N) is 1. The van der Waals surface area contributed by atoms with E-state index in [1.165, 1.54) is 7.11 Å². The molecular formula is C22H28N2O5. The zero-order valence-corrected chi connectivity index (χ0v) is 17.4. The summed E-state index contributed by atoms with van der Waals surface area (Å²) < 4.78 is 10.4. The Morgan fingerprint density at radius 2 is 1.90 bits per heavy atom. The van der Waals surface area contributed by atoms with Crippen molar-refractivity contribution in [1.29, 1.82) is 0 Å². The lowest BCUT2D eigenvalue weighted by atomic mass is 9.79. The summed E-state index contributed by atoms with van der Waals surface area (Å²) in [6.45, 7) is 5.89. The molecule has 1 fully saturated rings. The molecule has 0 saturated carbocycles. The van der Waals surface area contributed by atoms with Crippen LogP contribution in [0, 0.1) is 5.41 Å². The number of methoxy groups -OCH3 is 1. The average molecular weight is 400 g/mol. The molecule has 1 N–H and O–H groups in total. The Hall–Kier alpha value is -2.83. The van der Waals surface area contributed by atoms with Crippen LogP contribution in [0.25, 0.3) is 0 Å². The smallest absolute Gasteiger partial charge is 0.411 e. The van der Waals surface area contributed by atoms with Crippen LogP contribution in [0.4, 0.5) is 4.79 Å². The fraction of sp³-hybridized carbons (Fsp3) is 0.500. The summed E-state index contributed by atoms with van der Waals surface area (Å²) in [6.07, 6.45) is 1.19. The van der Waals surface area contributed by atoms with Gasteiger partial charge in [0.05, 0.1) is 7.11 Å². The molecule has 1 aromatic rings. The monoisotopic (exact) mass is 400 g/mol. The molecule has 2 aliphatic heterocycles. The number of fused-ring (bicyclic) bond motifs is 1. The zero-order valence-electron chi connectivity index (χ0n) is 17.4. The van der Waals surface area contributed by atoms with Crippen LogP contribution in [0.5, 0.6) is 0 Å². The van der Waals surface area contributed by atoms with Crippen molar-refractivity contribution in [2.75, 3.05) is 13.7 Å². The second kappa shape index (κ2) is 7.89. The van der Waals surface area contributed by atoms with Gasteiger partial charge in [-0.05, 0) is 45.6 Å². The van der Waals surface area contributed by atoms with E-state index in [0.29, 0.717) is 30.8 Å². The number of allylic oxidation sites excluding steroid dienone is 2. The molecule has 0 radical (unpaired) electrons. The van der Waals surface area contributed by atoms with Gasteiger partial charge in [0.1, 0.15) is 5.60 Å². The van der Waals surface area contributed by atoms with E-state index in [1.54, 1.807) is 25.7 Å². The van der Waals surface area contributed by atoms with Gasteiger partial charge in [0.15, 0.2) is 5.41 Å². The molecule has 3 rings (SSSR count). The first-order valence-electron chi connectivity index (χ1n) is 9.82. The lowest BCUT2D eigenvalue weighted by Gasteiger charge is -2.28. The lowest BCUT2D eigenvalue weighted by molar-refractivity contribution is -0.159. The van der Waals surface area contributed by atoms with Crippen molar-refractivity contribution >= 4 is 18.0 Å². The number of carbonyl (C=O) groups excluding carboxylic acids is 3. The minimum atomic E-state index is -1.32. The van der Waals surface area contributed by atoms with Gasteiger partial charge in [-0.2, -0.15) is 0 Å². The van der Waals surface area contributed by atoms with Gasteiger partial charge in [0.25, 0.3) is 0 Å². The van der Waals surface area contributed by atoms with Gasteiger partial charge in [0.2, 0.25) is 5.91 Å². The fourth-order valence-electron chi connectivity index (χ4n) is 3.97. The first-order chi connectivity index (χ1) is 13.7. The molecule has 7 nitrogen and oxygen atoms in total. The first-order valence-corrected chi connectivity index (χ1v) is 9.82. The Labute approximate surface area is 171 Å². The third-order valence-electron chi connectivity index (χ3n) is 5.18. The molecule has 156 valence electrons. The Bertz CT molecular complexity index is 841. The number of hydrogen-bond donors (Lipinski definition) is 1. The van der Waals surface area contributed by atoms with Crippen LogP contribution >= 0.6 is 0 Å². The van der Waals surface area contributed by atoms with Crippen molar-refractivity contribution in [3.8, 4) is 0 Å². The van der Waals surface area contributed by atoms with Crippen molar-refractivity contribution < 1.29 is 23.9 Å². The summed E-state index contributed by atoms with van der Waals surface area (Å²) in [6, 6.07) is 9.43. The number of rotatable bonds is 4. The topological polar surface area (TPSA) is 84.9 Å². The maximum absolute atomic E-state index is 13.4. The molecule has 2 heterocycles. The van der Waals surface area contributed by atoms with Gasteiger partial charge in [-0.3, -0.25) is 14.9 Å². The molecule has 1 aromatic carbocycles. The van der Waals surface area contributed by atoms with Gasteiger partial charge in [0, 0.05) is 24.4 Å². The lowest BCUT2D eigenvalue weighted by Crippen LogP contribution is -2.43. The predicted molar refractivity (Wildman–Crippen MR) is 107 cm³/mol. The number of benzene rings is 1. The fourth-order valence-corrected chi connectivity index (χ4v) is 3.97. The summed E-state index contributed by atoms with van der Waals surface area (Å²) in [5, 5.41) is 2.80. The minimum Gasteiger partial charge on any atom is -0.468 e. The highest BCUT2D eigenvalue weighted by atomic mass is 16.6. The van der Waals surface area contributed by atoms with Crippen LogP contribution in [0.2, 0.25) is 0 Å². The van der Waals surface area contributed by atoms with E-state index in [4.69, 9.17) is 9.47 Å². The van der Waals surface area contributed by atoms with Crippen LogP contribution in [-0.4, -0.2) is 42.1 Å². The number of esters is 1. The molecule has 0 bridgehead atoms. The predicted octanol–water partition coefficient (Wildman–Crippen LogP) is 3.15. The van der Waals surface area contributed by atoms with Gasteiger partial charge in [-0.25, -0.2) is 4.79 Å². The highest BCUT2D eigenvalue weighted by molar-refractivity contribution is 6.06. The van der Waals surface area contributed by atoms with Crippen molar-refractivity contribution in [1.82, 2.24) is 10.2 Å². The van der Waals surface area contributed by atoms with Gasteiger partial charge < -0.3 is 14.4 Å².